The van der Waals surface area contributed by atoms with Crippen molar-refractivity contribution in [2.45, 2.75) is 57.6 Å². The van der Waals surface area contributed by atoms with Gasteiger partial charge in [0, 0.05) is 23.7 Å². The van der Waals surface area contributed by atoms with Crippen LogP contribution in [0.3, 0.4) is 0 Å². The summed E-state index contributed by atoms with van der Waals surface area (Å²) in [5, 5.41) is 8.04. The Morgan fingerprint density at radius 2 is 1.96 bits per heavy atom. The summed E-state index contributed by atoms with van der Waals surface area (Å²) in [6.45, 7) is 10.1. The Bertz CT molecular complexity index is 714. The van der Waals surface area contributed by atoms with Crippen molar-refractivity contribution >= 4 is 23.8 Å². The van der Waals surface area contributed by atoms with E-state index in [1.807, 2.05) is 36.0 Å². The largest absolute Gasteiger partial charge is 0.366 e. The van der Waals surface area contributed by atoms with Gasteiger partial charge in [-0.2, -0.15) is 5.10 Å². The molecule has 26 heavy (non-hydrogen) atoms. The van der Waals surface area contributed by atoms with Crippen molar-refractivity contribution in [2.24, 2.45) is 4.99 Å². The van der Waals surface area contributed by atoms with E-state index >= 15 is 0 Å². The van der Waals surface area contributed by atoms with Crippen LogP contribution in [0, 0.1) is 0 Å². The van der Waals surface area contributed by atoms with Crippen LogP contribution in [0.5, 0.6) is 0 Å². The zero-order chi connectivity index (χ0) is 18.4. The van der Waals surface area contributed by atoms with Gasteiger partial charge >= 0.3 is 0 Å². The molecule has 1 aromatic carbocycles. The van der Waals surface area contributed by atoms with Crippen LogP contribution in [-0.2, 0) is 13.2 Å². The van der Waals surface area contributed by atoms with Crippen molar-refractivity contribution in [1.29, 1.82) is 0 Å². The van der Waals surface area contributed by atoms with Gasteiger partial charge in [-0.15, -0.1) is 0 Å². The smallest absolute Gasteiger partial charge is 0.110 e. The molecule has 0 bridgehead atoms. The summed E-state index contributed by atoms with van der Waals surface area (Å²) in [6.07, 6.45) is 6.47. The zero-order valence-corrected chi connectivity index (χ0v) is 16.8. The van der Waals surface area contributed by atoms with E-state index in [0.29, 0.717) is 19.1 Å². The minimum absolute atomic E-state index is 0.452. The minimum atomic E-state index is 0.452. The molecule has 1 aromatic heterocycles. The maximum atomic E-state index is 4.56. The lowest BCUT2D eigenvalue weighted by Crippen LogP contribution is -2.13. The molecule has 0 spiro atoms. The lowest BCUT2D eigenvalue weighted by molar-refractivity contribution is 0.586. The first-order valence-electron chi connectivity index (χ1n) is 9.43. The van der Waals surface area contributed by atoms with Gasteiger partial charge in [0.05, 0.1) is 18.4 Å². The lowest BCUT2D eigenvalue weighted by Gasteiger charge is -2.14. The highest BCUT2D eigenvalue weighted by Gasteiger charge is 2.14. The minimum Gasteiger partial charge on any atom is -0.366 e. The molecule has 2 aromatic rings. The van der Waals surface area contributed by atoms with E-state index < -0.39 is 0 Å². The Hall–Kier alpha value is -1.79. The molecule has 0 saturated carbocycles. The molecule has 0 aliphatic carbocycles. The van der Waals surface area contributed by atoms with E-state index in [1.54, 1.807) is 0 Å². The number of hydrogen-bond acceptors (Lipinski definition) is 5. The van der Waals surface area contributed by atoms with Crippen molar-refractivity contribution in [3.8, 4) is 0 Å². The van der Waals surface area contributed by atoms with Gasteiger partial charge in [0.1, 0.15) is 6.67 Å². The normalized spacial score (nSPS) is 15.4. The Kier molecular flexibility index (Phi) is 6.74. The highest BCUT2D eigenvalue weighted by molar-refractivity contribution is 7.97. The first kappa shape index (κ1) is 19.0. The number of aromatic nitrogens is 2. The quantitative estimate of drug-likeness (QED) is 0.536. The van der Waals surface area contributed by atoms with Crippen molar-refractivity contribution in [3.63, 3.8) is 0 Å². The fraction of sp³-hybridized carbons (Fsp3) is 0.500. The first-order chi connectivity index (χ1) is 12.7. The van der Waals surface area contributed by atoms with E-state index in [9.17, 15) is 0 Å². The molecule has 2 heterocycles. The van der Waals surface area contributed by atoms with Gasteiger partial charge in [0.25, 0.3) is 0 Å². The standard InChI is InChI=1S/C20H29N5S/c1-4-21-14-20-19(16(2)3)13-23-25(20)15-22-17-7-9-18(10-8-17)26-24-11-5-6-12-24/h4,7-10,13,16,22H,5-6,11-12,14-15H2,1-3H3. The molecule has 0 radical (unpaired) electrons. The molecule has 3 rings (SSSR count). The van der Waals surface area contributed by atoms with Gasteiger partial charge in [-0.25, -0.2) is 8.99 Å². The molecule has 0 atom stereocenters. The number of benzene rings is 1. The van der Waals surface area contributed by atoms with Gasteiger partial charge < -0.3 is 5.32 Å². The average Bonchev–Trinajstić information content (AvgIpc) is 3.29. The monoisotopic (exact) mass is 371 g/mol. The van der Waals surface area contributed by atoms with Crippen LogP contribution >= 0.6 is 11.9 Å². The second kappa shape index (κ2) is 9.24. The molecular weight excluding hydrogens is 342 g/mol. The van der Waals surface area contributed by atoms with Crippen LogP contribution in [0.4, 0.5) is 5.69 Å². The molecule has 1 fully saturated rings. The van der Waals surface area contributed by atoms with E-state index in [2.05, 4.69) is 57.8 Å². The Labute approximate surface area is 161 Å². The molecule has 5 nitrogen and oxygen atoms in total. The van der Waals surface area contributed by atoms with Gasteiger partial charge in [0.15, 0.2) is 0 Å². The second-order valence-electron chi connectivity index (χ2n) is 6.89. The van der Waals surface area contributed by atoms with Gasteiger partial charge in [-0.1, -0.05) is 13.8 Å². The fourth-order valence-corrected chi connectivity index (χ4v) is 4.12. The summed E-state index contributed by atoms with van der Waals surface area (Å²) >= 11 is 1.86. The fourth-order valence-electron chi connectivity index (χ4n) is 3.12. The Morgan fingerprint density at radius 3 is 2.62 bits per heavy atom. The molecular formula is C20H29N5S. The molecule has 140 valence electrons. The third-order valence-corrected chi connectivity index (χ3v) is 5.72. The van der Waals surface area contributed by atoms with E-state index in [-0.39, 0.29) is 0 Å². The van der Waals surface area contributed by atoms with Crippen LogP contribution in [0.2, 0.25) is 0 Å². The molecule has 0 amide bonds. The number of aliphatic imine (C=N–C) groups is 1. The zero-order valence-electron chi connectivity index (χ0n) is 16.0. The average molecular weight is 372 g/mol. The molecule has 1 N–H and O–H groups in total. The SMILES string of the molecule is CC=NCc1c(C(C)C)cnn1CNc1ccc(SN2CCCC2)cc1. The van der Waals surface area contributed by atoms with E-state index in [1.165, 1.54) is 42.1 Å². The van der Waals surface area contributed by atoms with E-state index in [4.69, 9.17) is 0 Å². The van der Waals surface area contributed by atoms with Crippen molar-refractivity contribution < 1.29 is 0 Å². The topological polar surface area (TPSA) is 45.5 Å². The van der Waals surface area contributed by atoms with Crippen molar-refractivity contribution in [1.82, 2.24) is 14.1 Å². The first-order valence-corrected chi connectivity index (χ1v) is 10.2. The lowest BCUT2D eigenvalue weighted by atomic mass is 10.0. The molecule has 0 unspecified atom stereocenters. The van der Waals surface area contributed by atoms with E-state index in [0.717, 1.165) is 5.69 Å². The summed E-state index contributed by atoms with van der Waals surface area (Å²) in [5.41, 5.74) is 3.57. The molecule has 1 aliphatic heterocycles. The van der Waals surface area contributed by atoms with Gasteiger partial charge in [0.2, 0.25) is 0 Å². The van der Waals surface area contributed by atoms with Gasteiger partial charge in [-0.3, -0.25) is 4.99 Å². The van der Waals surface area contributed by atoms with Crippen LogP contribution in [-0.4, -0.2) is 33.4 Å². The maximum absolute atomic E-state index is 4.56. The summed E-state index contributed by atoms with van der Waals surface area (Å²) in [6, 6.07) is 8.68. The second-order valence-corrected chi connectivity index (χ2v) is 8.06. The third-order valence-electron chi connectivity index (χ3n) is 4.61. The van der Waals surface area contributed by atoms with Crippen LogP contribution < -0.4 is 5.32 Å². The number of nitrogens with zero attached hydrogens (tertiary/aromatic N) is 4. The number of nitrogens with one attached hydrogen (secondary N) is 1. The summed E-state index contributed by atoms with van der Waals surface area (Å²) in [7, 11) is 0. The maximum Gasteiger partial charge on any atom is 0.110 e. The van der Waals surface area contributed by atoms with Crippen LogP contribution in [0.15, 0.2) is 40.4 Å². The van der Waals surface area contributed by atoms with Gasteiger partial charge in [-0.05, 0) is 73.7 Å². The predicted molar refractivity (Wildman–Crippen MR) is 111 cm³/mol. The van der Waals surface area contributed by atoms with Crippen LogP contribution in [0.1, 0.15) is 50.8 Å². The molecule has 1 aliphatic rings. The highest BCUT2D eigenvalue weighted by Crippen LogP contribution is 2.27. The number of hydrogen-bond donors (Lipinski definition) is 1. The molecule has 1 saturated heterocycles. The number of rotatable bonds is 8. The van der Waals surface area contributed by atoms with Crippen molar-refractivity contribution in [2.75, 3.05) is 18.4 Å². The number of anilines is 1. The summed E-state index contributed by atoms with van der Waals surface area (Å²) < 4.78 is 4.47. The summed E-state index contributed by atoms with van der Waals surface area (Å²) in [4.78, 5) is 5.71. The third kappa shape index (κ3) is 4.89. The predicted octanol–water partition coefficient (Wildman–Crippen LogP) is 4.77. The van der Waals surface area contributed by atoms with Crippen molar-refractivity contribution in [3.05, 3.63) is 41.7 Å². The Morgan fingerprint density at radius 1 is 1.23 bits per heavy atom. The highest BCUT2D eigenvalue weighted by atomic mass is 32.2. The molecule has 6 heteroatoms. The van der Waals surface area contributed by atoms with Crippen LogP contribution in [0.25, 0.3) is 0 Å². The summed E-state index contributed by atoms with van der Waals surface area (Å²) in [5.74, 6) is 0.452. The Balaban J connectivity index is 1.61.